The Hall–Kier alpha value is -2.57. The molecule has 1 heterocycles. The van der Waals surface area contributed by atoms with Crippen molar-refractivity contribution in [2.45, 2.75) is 32.6 Å². The summed E-state index contributed by atoms with van der Waals surface area (Å²) >= 11 is 0. The summed E-state index contributed by atoms with van der Waals surface area (Å²) in [5.41, 5.74) is 0.958. The standard InChI is InChI=1S/C17H24N4O3/c1-17(2,3)14-15(22)19-16(21-20-14)18-9-8-11-6-7-12(23-4)13(10-11)24-5/h6-7,10H,8-9H2,1-5H3,(H2,18,19,21,22). The molecule has 24 heavy (non-hydrogen) atoms. The fourth-order valence-electron chi connectivity index (χ4n) is 2.27. The lowest BCUT2D eigenvalue weighted by Crippen LogP contribution is -2.28. The fourth-order valence-corrected chi connectivity index (χ4v) is 2.27. The lowest BCUT2D eigenvalue weighted by atomic mass is 9.93. The number of benzene rings is 1. The third-order valence-corrected chi connectivity index (χ3v) is 3.56. The van der Waals surface area contributed by atoms with Gasteiger partial charge in [0.15, 0.2) is 11.5 Å². The van der Waals surface area contributed by atoms with Crippen molar-refractivity contribution < 1.29 is 9.47 Å². The van der Waals surface area contributed by atoms with Crippen molar-refractivity contribution in [3.63, 3.8) is 0 Å². The summed E-state index contributed by atoms with van der Waals surface area (Å²) in [6.45, 7) is 6.39. The lowest BCUT2D eigenvalue weighted by Gasteiger charge is -2.15. The van der Waals surface area contributed by atoms with Crippen molar-refractivity contribution in [1.29, 1.82) is 0 Å². The summed E-state index contributed by atoms with van der Waals surface area (Å²) in [5, 5.41) is 11.1. The summed E-state index contributed by atoms with van der Waals surface area (Å²) in [5.74, 6) is 1.76. The Bertz CT molecular complexity index is 750. The van der Waals surface area contributed by atoms with E-state index < -0.39 is 0 Å². The maximum Gasteiger partial charge on any atom is 0.274 e. The van der Waals surface area contributed by atoms with Gasteiger partial charge in [-0.1, -0.05) is 26.8 Å². The molecule has 2 aromatic rings. The van der Waals surface area contributed by atoms with Gasteiger partial charge in [-0.3, -0.25) is 9.78 Å². The number of nitrogens with one attached hydrogen (secondary N) is 2. The average molecular weight is 332 g/mol. The Morgan fingerprint density at radius 2 is 1.83 bits per heavy atom. The smallest absolute Gasteiger partial charge is 0.274 e. The van der Waals surface area contributed by atoms with Gasteiger partial charge in [-0.2, -0.15) is 0 Å². The van der Waals surface area contributed by atoms with Crippen molar-refractivity contribution >= 4 is 5.95 Å². The van der Waals surface area contributed by atoms with E-state index >= 15 is 0 Å². The van der Waals surface area contributed by atoms with Gasteiger partial charge in [-0.15, -0.1) is 10.2 Å². The van der Waals surface area contributed by atoms with Crippen LogP contribution in [0.4, 0.5) is 5.95 Å². The normalized spacial score (nSPS) is 11.2. The number of nitrogens with zero attached hydrogens (tertiary/aromatic N) is 2. The highest BCUT2D eigenvalue weighted by Crippen LogP contribution is 2.27. The predicted octanol–water partition coefficient (Wildman–Crippen LogP) is 2.13. The van der Waals surface area contributed by atoms with E-state index in [0.29, 0.717) is 29.7 Å². The number of anilines is 1. The molecule has 1 aromatic carbocycles. The molecule has 0 spiro atoms. The van der Waals surface area contributed by atoms with Crippen molar-refractivity contribution in [3.05, 3.63) is 39.8 Å². The van der Waals surface area contributed by atoms with Gasteiger partial charge in [0, 0.05) is 12.0 Å². The second-order valence-electron chi connectivity index (χ2n) is 6.47. The zero-order valence-electron chi connectivity index (χ0n) is 14.8. The second kappa shape index (κ2) is 7.33. The first kappa shape index (κ1) is 17.8. The molecule has 0 aliphatic rings. The van der Waals surface area contributed by atoms with Crippen LogP contribution in [0.5, 0.6) is 11.5 Å². The quantitative estimate of drug-likeness (QED) is 0.842. The molecule has 0 saturated carbocycles. The predicted molar refractivity (Wildman–Crippen MR) is 93.1 cm³/mol. The molecule has 0 aliphatic heterocycles. The van der Waals surface area contributed by atoms with E-state index in [1.165, 1.54) is 0 Å². The minimum Gasteiger partial charge on any atom is -0.493 e. The Morgan fingerprint density at radius 1 is 1.12 bits per heavy atom. The van der Waals surface area contributed by atoms with E-state index in [9.17, 15) is 4.79 Å². The average Bonchev–Trinajstić information content (AvgIpc) is 2.53. The Kier molecular flexibility index (Phi) is 5.43. The van der Waals surface area contributed by atoms with Crippen LogP contribution in [0.3, 0.4) is 0 Å². The maximum absolute atomic E-state index is 12.0. The van der Waals surface area contributed by atoms with E-state index in [1.54, 1.807) is 14.2 Å². The molecule has 7 nitrogen and oxygen atoms in total. The molecule has 2 rings (SSSR count). The number of aromatic nitrogens is 3. The maximum atomic E-state index is 12.0. The van der Waals surface area contributed by atoms with Crippen LogP contribution < -0.4 is 20.3 Å². The lowest BCUT2D eigenvalue weighted by molar-refractivity contribution is 0.354. The third kappa shape index (κ3) is 4.24. The van der Waals surface area contributed by atoms with E-state index in [2.05, 4.69) is 20.5 Å². The first-order valence-electron chi connectivity index (χ1n) is 7.77. The molecule has 0 atom stereocenters. The van der Waals surface area contributed by atoms with E-state index in [-0.39, 0.29) is 11.0 Å². The molecule has 0 aliphatic carbocycles. The highest BCUT2D eigenvalue weighted by molar-refractivity contribution is 5.43. The number of H-pyrrole nitrogens is 1. The molecule has 2 N–H and O–H groups in total. The van der Waals surface area contributed by atoms with Crippen molar-refractivity contribution in [2.75, 3.05) is 26.1 Å². The summed E-state index contributed by atoms with van der Waals surface area (Å²) in [7, 11) is 3.21. The molecule has 130 valence electrons. The molecule has 0 fully saturated rings. The molecule has 1 aromatic heterocycles. The van der Waals surface area contributed by atoms with Crippen LogP contribution >= 0.6 is 0 Å². The Labute approximate surface area is 141 Å². The van der Waals surface area contributed by atoms with Gasteiger partial charge in [0.2, 0.25) is 5.95 Å². The monoisotopic (exact) mass is 332 g/mol. The molecule has 0 amide bonds. The van der Waals surface area contributed by atoms with Gasteiger partial charge in [0.25, 0.3) is 5.56 Å². The number of rotatable bonds is 6. The zero-order chi connectivity index (χ0) is 17.7. The Balaban J connectivity index is 2.00. The van der Waals surface area contributed by atoms with Crippen LogP contribution in [0, 0.1) is 0 Å². The fraction of sp³-hybridized carbons (Fsp3) is 0.471. The van der Waals surface area contributed by atoms with Gasteiger partial charge in [0.05, 0.1) is 14.2 Å². The summed E-state index contributed by atoms with van der Waals surface area (Å²) in [6, 6.07) is 5.77. The highest BCUT2D eigenvalue weighted by atomic mass is 16.5. The Morgan fingerprint density at radius 3 is 2.42 bits per heavy atom. The van der Waals surface area contributed by atoms with Crippen LogP contribution in [0.2, 0.25) is 0 Å². The zero-order valence-corrected chi connectivity index (χ0v) is 14.8. The number of ether oxygens (including phenoxy) is 2. The molecular formula is C17H24N4O3. The van der Waals surface area contributed by atoms with Crippen LogP contribution in [0.15, 0.2) is 23.0 Å². The van der Waals surface area contributed by atoms with Crippen LogP contribution in [0.25, 0.3) is 0 Å². The van der Waals surface area contributed by atoms with Crippen LogP contribution in [0.1, 0.15) is 32.0 Å². The summed E-state index contributed by atoms with van der Waals surface area (Å²) in [4.78, 5) is 14.8. The molecule has 0 radical (unpaired) electrons. The van der Waals surface area contributed by atoms with Crippen LogP contribution in [-0.4, -0.2) is 35.9 Å². The first-order valence-corrected chi connectivity index (χ1v) is 7.77. The number of aromatic amines is 1. The van der Waals surface area contributed by atoms with Crippen molar-refractivity contribution in [1.82, 2.24) is 15.2 Å². The van der Waals surface area contributed by atoms with Gasteiger partial charge in [0.1, 0.15) is 5.69 Å². The van der Waals surface area contributed by atoms with Crippen molar-refractivity contribution in [2.24, 2.45) is 0 Å². The largest absolute Gasteiger partial charge is 0.493 e. The van der Waals surface area contributed by atoms with Gasteiger partial charge in [-0.05, 0) is 24.1 Å². The summed E-state index contributed by atoms with van der Waals surface area (Å²) in [6.07, 6.45) is 0.741. The molecule has 0 saturated heterocycles. The second-order valence-corrected chi connectivity index (χ2v) is 6.47. The third-order valence-electron chi connectivity index (χ3n) is 3.56. The van der Waals surface area contributed by atoms with Crippen LogP contribution in [-0.2, 0) is 11.8 Å². The minimum atomic E-state index is -0.335. The van der Waals surface area contributed by atoms with E-state index in [0.717, 1.165) is 12.0 Å². The van der Waals surface area contributed by atoms with Gasteiger partial charge in [-0.25, -0.2) is 0 Å². The first-order chi connectivity index (χ1) is 11.3. The van der Waals surface area contributed by atoms with Crippen molar-refractivity contribution in [3.8, 4) is 11.5 Å². The number of hydrogen-bond acceptors (Lipinski definition) is 6. The van der Waals surface area contributed by atoms with Gasteiger partial charge < -0.3 is 14.8 Å². The minimum absolute atomic E-state index is 0.217. The van der Waals surface area contributed by atoms with Gasteiger partial charge >= 0.3 is 0 Å². The topological polar surface area (TPSA) is 89.1 Å². The SMILES string of the molecule is COc1ccc(CCNc2nnc(C(C)(C)C)c(=O)[nH]2)cc1OC. The number of methoxy groups -OCH3 is 2. The molecular weight excluding hydrogens is 308 g/mol. The molecule has 0 unspecified atom stereocenters. The molecule has 0 bridgehead atoms. The van der Waals surface area contributed by atoms with E-state index in [1.807, 2.05) is 39.0 Å². The van der Waals surface area contributed by atoms with E-state index in [4.69, 9.17) is 9.47 Å². The highest BCUT2D eigenvalue weighted by Gasteiger charge is 2.20. The summed E-state index contributed by atoms with van der Waals surface area (Å²) < 4.78 is 10.5. The molecule has 7 heteroatoms. The number of hydrogen-bond donors (Lipinski definition) is 2.